The van der Waals surface area contributed by atoms with Gasteiger partial charge in [0.1, 0.15) is 5.75 Å². The molecule has 5 heteroatoms. The Balaban J connectivity index is 1.32. The fraction of sp³-hybridized carbons (Fsp3) is 0.500. The molecule has 0 spiro atoms. The number of hydrogen-bond acceptors (Lipinski definition) is 4. The van der Waals surface area contributed by atoms with Crippen LogP contribution in [0.4, 0.5) is 0 Å². The Hall–Kier alpha value is -1.85. The molecule has 27 heavy (non-hydrogen) atoms. The topological polar surface area (TPSA) is 32.8 Å². The van der Waals surface area contributed by atoms with Crippen LogP contribution in [0.1, 0.15) is 44.9 Å². The first-order valence-electron chi connectivity index (χ1n) is 9.99. The SMILES string of the molecule is COc1ccc(CN2CCN(C(=O)c3cc4c(s3)CCCCC4)CC2)cc1. The van der Waals surface area contributed by atoms with Crippen molar-refractivity contribution in [2.45, 2.75) is 38.6 Å². The molecular formula is C22H28N2O2S. The van der Waals surface area contributed by atoms with Gasteiger partial charge in [0.05, 0.1) is 12.0 Å². The van der Waals surface area contributed by atoms with E-state index in [-0.39, 0.29) is 5.91 Å². The number of piperazine rings is 1. The summed E-state index contributed by atoms with van der Waals surface area (Å²) in [6.07, 6.45) is 6.16. The molecule has 2 heterocycles. The van der Waals surface area contributed by atoms with Crippen molar-refractivity contribution in [3.8, 4) is 5.75 Å². The average Bonchev–Trinajstić information content (AvgIpc) is 2.99. The van der Waals surface area contributed by atoms with Crippen LogP contribution in [0.25, 0.3) is 0 Å². The monoisotopic (exact) mass is 384 g/mol. The zero-order valence-electron chi connectivity index (χ0n) is 16.1. The number of rotatable bonds is 4. The summed E-state index contributed by atoms with van der Waals surface area (Å²) in [6.45, 7) is 4.43. The fourth-order valence-corrected chi connectivity index (χ4v) is 5.25. The molecule has 0 saturated carbocycles. The molecule has 0 bridgehead atoms. The van der Waals surface area contributed by atoms with E-state index in [1.54, 1.807) is 18.4 Å². The number of thiophene rings is 1. The predicted octanol–water partition coefficient (Wildman–Crippen LogP) is 3.98. The first kappa shape index (κ1) is 18.5. The number of hydrogen-bond donors (Lipinski definition) is 0. The van der Waals surface area contributed by atoms with E-state index in [4.69, 9.17) is 4.74 Å². The number of nitrogens with zero attached hydrogens (tertiary/aromatic N) is 2. The van der Waals surface area contributed by atoms with E-state index < -0.39 is 0 Å². The summed E-state index contributed by atoms with van der Waals surface area (Å²) in [5, 5.41) is 0. The third-order valence-electron chi connectivity index (χ3n) is 5.68. The number of carbonyl (C=O) groups excluding carboxylic acids is 1. The van der Waals surface area contributed by atoms with Crippen molar-refractivity contribution in [1.82, 2.24) is 9.80 Å². The van der Waals surface area contributed by atoms with Crippen LogP contribution in [0.2, 0.25) is 0 Å². The number of benzene rings is 1. The van der Waals surface area contributed by atoms with E-state index in [1.807, 2.05) is 17.0 Å². The van der Waals surface area contributed by atoms with Gasteiger partial charge in [-0.05, 0) is 55.0 Å². The molecule has 1 aliphatic heterocycles. The van der Waals surface area contributed by atoms with Crippen molar-refractivity contribution in [2.24, 2.45) is 0 Å². The van der Waals surface area contributed by atoms with Crippen molar-refractivity contribution in [3.05, 3.63) is 51.2 Å². The van der Waals surface area contributed by atoms with E-state index in [0.717, 1.165) is 56.2 Å². The van der Waals surface area contributed by atoms with Gasteiger partial charge >= 0.3 is 0 Å². The van der Waals surface area contributed by atoms with Gasteiger partial charge in [0, 0.05) is 37.6 Å². The summed E-state index contributed by atoms with van der Waals surface area (Å²) in [5.41, 5.74) is 2.72. The van der Waals surface area contributed by atoms with Crippen LogP contribution in [0.5, 0.6) is 5.75 Å². The van der Waals surface area contributed by atoms with Crippen molar-refractivity contribution in [3.63, 3.8) is 0 Å². The molecule has 4 nitrogen and oxygen atoms in total. The van der Waals surface area contributed by atoms with Crippen LogP contribution >= 0.6 is 11.3 Å². The molecule has 1 saturated heterocycles. The molecule has 1 aliphatic carbocycles. The van der Waals surface area contributed by atoms with Gasteiger partial charge in [-0.25, -0.2) is 0 Å². The molecular weight excluding hydrogens is 356 g/mol. The first-order chi connectivity index (χ1) is 13.2. The second-order valence-corrected chi connectivity index (χ2v) is 8.67. The summed E-state index contributed by atoms with van der Waals surface area (Å²) < 4.78 is 5.22. The van der Waals surface area contributed by atoms with Gasteiger partial charge in [0.15, 0.2) is 0 Å². The van der Waals surface area contributed by atoms with E-state index in [0.29, 0.717) is 0 Å². The third kappa shape index (κ3) is 4.36. The normalized spacial score (nSPS) is 18.0. The lowest BCUT2D eigenvalue weighted by molar-refractivity contribution is 0.0633. The lowest BCUT2D eigenvalue weighted by atomic mass is 10.1. The van der Waals surface area contributed by atoms with Crippen LogP contribution in [-0.4, -0.2) is 49.0 Å². The Morgan fingerprint density at radius 2 is 1.78 bits per heavy atom. The van der Waals surface area contributed by atoms with E-state index in [9.17, 15) is 4.79 Å². The number of fused-ring (bicyclic) bond motifs is 1. The van der Waals surface area contributed by atoms with Crippen LogP contribution < -0.4 is 4.74 Å². The molecule has 1 aromatic heterocycles. The molecule has 1 fully saturated rings. The maximum absolute atomic E-state index is 12.9. The number of carbonyl (C=O) groups is 1. The van der Waals surface area contributed by atoms with Gasteiger partial charge in [-0.1, -0.05) is 18.6 Å². The summed E-state index contributed by atoms with van der Waals surface area (Å²) >= 11 is 1.74. The first-order valence-corrected chi connectivity index (χ1v) is 10.8. The van der Waals surface area contributed by atoms with E-state index >= 15 is 0 Å². The summed E-state index contributed by atoms with van der Waals surface area (Å²) in [4.78, 5) is 19.8. The molecule has 4 rings (SSSR count). The minimum atomic E-state index is 0.233. The maximum Gasteiger partial charge on any atom is 0.264 e. The van der Waals surface area contributed by atoms with Gasteiger partial charge in [-0.3, -0.25) is 9.69 Å². The third-order valence-corrected chi connectivity index (χ3v) is 6.91. The Bertz CT molecular complexity index is 753. The highest BCUT2D eigenvalue weighted by molar-refractivity contribution is 7.14. The lowest BCUT2D eigenvalue weighted by Gasteiger charge is -2.34. The molecule has 1 amide bonds. The highest BCUT2D eigenvalue weighted by atomic mass is 32.1. The number of methoxy groups -OCH3 is 1. The number of ether oxygens (including phenoxy) is 1. The smallest absolute Gasteiger partial charge is 0.264 e. The van der Waals surface area contributed by atoms with Gasteiger partial charge in [-0.15, -0.1) is 11.3 Å². The summed E-state index contributed by atoms with van der Waals surface area (Å²) in [5.74, 6) is 1.13. The Morgan fingerprint density at radius 1 is 1.04 bits per heavy atom. The minimum absolute atomic E-state index is 0.233. The van der Waals surface area contributed by atoms with Crippen LogP contribution in [0.15, 0.2) is 30.3 Å². The van der Waals surface area contributed by atoms with Crippen molar-refractivity contribution >= 4 is 17.2 Å². The quantitative estimate of drug-likeness (QED) is 0.748. The maximum atomic E-state index is 12.9. The molecule has 2 aromatic rings. The van der Waals surface area contributed by atoms with E-state index in [1.165, 1.54) is 35.3 Å². The van der Waals surface area contributed by atoms with Crippen LogP contribution in [0.3, 0.4) is 0 Å². The number of amides is 1. The zero-order chi connectivity index (χ0) is 18.6. The van der Waals surface area contributed by atoms with Crippen LogP contribution in [-0.2, 0) is 19.4 Å². The number of aryl methyl sites for hydroxylation is 2. The van der Waals surface area contributed by atoms with Gasteiger partial charge in [-0.2, -0.15) is 0 Å². The minimum Gasteiger partial charge on any atom is -0.497 e. The predicted molar refractivity (Wildman–Crippen MR) is 110 cm³/mol. The largest absolute Gasteiger partial charge is 0.497 e. The highest BCUT2D eigenvalue weighted by Gasteiger charge is 2.24. The second-order valence-electron chi connectivity index (χ2n) is 7.54. The molecule has 0 N–H and O–H groups in total. The lowest BCUT2D eigenvalue weighted by Crippen LogP contribution is -2.48. The molecule has 1 aromatic carbocycles. The molecule has 2 aliphatic rings. The van der Waals surface area contributed by atoms with Crippen molar-refractivity contribution in [2.75, 3.05) is 33.3 Å². The fourth-order valence-electron chi connectivity index (χ4n) is 4.03. The van der Waals surface area contributed by atoms with Gasteiger partial charge in [0.25, 0.3) is 5.91 Å². The Morgan fingerprint density at radius 3 is 2.52 bits per heavy atom. The molecule has 0 atom stereocenters. The van der Waals surface area contributed by atoms with Crippen molar-refractivity contribution < 1.29 is 9.53 Å². The average molecular weight is 385 g/mol. The molecule has 0 radical (unpaired) electrons. The standard InChI is InChI=1S/C22H28N2O2S/c1-26-19-9-7-17(8-10-19)16-23-11-13-24(14-12-23)22(25)21-15-18-5-3-2-4-6-20(18)27-21/h7-10,15H,2-6,11-14,16H2,1H3. The zero-order valence-corrected chi connectivity index (χ0v) is 16.9. The van der Waals surface area contributed by atoms with Crippen molar-refractivity contribution in [1.29, 1.82) is 0 Å². The van der Waals surface area contributed by atoms with Gasteiger partial charge < -0.3 is 9.64 Å². The molecule has 144 valence electrons. The summed E-state index contributed by atoms with van der Waals surface area (Å²) in [6, 6.07) is 10.4. The van der Waals surface area contributed by atoms with Crippen LogP contribution in [0, 0.1) is 0 Å². The molecule has 0 unspecified atom stereocenters. The van der Waals surface area contributed by atoms with Gasteiger partial charge in [0.2, 0.25) is 0 Å². The highest BCUT2D eigenvalue weighted by Crippen LogP contribution is 2.30. The summed E-state index contributed by atoms with van der Waals surface area (Å²) in [7, 11) is 1.69. The Labute approximate surface area is 165 Å². The Kier molecular flexibility index (Phi) is 5.79. The van der Waals surface area contributed by atoms with E-state index in [2.05, 4.69) is 23.1 Å². The second kappa shape index (κ2) is 8.44.